The average molecular weight is 358 g/mol. The van der Waals surface area contributed by atoms with Gasteiger partial charge >= 0.3 is 0 Å². The van der Waals surface area contributed by atoms with Gasteiger partial charge in [-0.15, -0.1) is 0 Å². The molecule has 1 amide bonds. The molecule has 0 saturated carbocycles. The monoisotopic (exact) mass is 358 g/mol. The van der Waals surface area contributed by atoms with E-state index in [1.54, 1.807) is 23.1 Å². The second kappa shape index (κ2) is 7.46. The molecular weight excluding hydrogens is 339 g/mol. The number of nitrogens with one attached hydrogen (secondary N) is 1. The third-order valence-electron chi connectivity index (χ3n) is 4.65. The Balaban J connectivity index is 1.61. The highest BCUT2D eigenvalue weighted by molar-refractivity contribution is 6.06. The Hall–Kier alpha value is -3.40. The van der Waals surface area contributed by atoms with Crippen LogP contribution >= 0.6 is 0 Å². The maximum Gasteiger partial charge on any atom is 0.251 e. The van der Waals surface area contributed by atoms with E-state index in [1.807, 2.05) is 42.5 Å². The Bertz CT molecular complexity index is 967. The lowest BCUT2D eigenvalue weighted by Gasteiger charge is -2.35. The molecule has 0 aliphatic carbocycles. The van der Waals surface area contributed by atoms with Crippen molar-refractivity contribution in [2.75, 3.05) is 16.8 Å². The van der Waals surface area contributed by atoms with E-state index in [-0.39, 0.29) is 17.8 Å². The molecule has 3 aromatic rings. The Kier molecular flexibility index (Phi) is 4.71. The first kappa shape index (κ1) is 17.0. The van der Waals surface area contributed by atoms with Gasteiger partial charge in [-0.1, -0.05) is 54.6 Å². The lowest BCUT2D eigenvalue weighted by atomic mass is 10.0. The molecule has 1 unspecified atom stereocenters. The SMILES string of the molecule is O=C(/C=C/c1ccc(F)cc1)N1CC(c2ccccc2)Nc2ccccc21. The van der Waals surface area contributed by atoms with E-state index in [9.17, 15) is 9.18 Å². The molecule has 0 radical (unpaired) electrons. The van der Waals surface area contributed by atoms with Gasteiger partial charge in [-0.3, -0.25) is 4.79 Å². The normalized spacial score (nSPS) is 16.0. The van der Waals surface area contributed by atoms with E-state index in [4.69, 9.17) is 0 Å². The number of carbonyl (C=O) groups excluding carboxylic acids is 1. The summed E-state index contributed by atoms with van der Waals surface area (Å²) in [4.78, 5) is 14.7. The summed E-state index contributed by atoms with van der Waals surface area (Å²) in [5, 5.41) is 3.52. The second-order valence-corrected chi connectivity index (χ2v) is 6.46. The molecule has 1 aliphatic rings. The number of benzene rings is 3. The largest absolute Gasteiger partial charge is 0.375 e. The van der Waals surface area contributed by atoms with E-state index < -0.39 is 0 Å². The van der Waals surface area contributed by atoms with E-state index in [2.05, 4.69) is 17.4 Å². The first-order valence-corrected chi connectivity index (χ1v) is 8.86. The van der Waals surface area contributed by atoms with Crippen LogP contribution in [0.4, 0.5) is 15.8 Å². The zero-order valence-electron chi connectivity index (χ0n) is 14.7. The second-order valence-electron chi connectivity index (χ2n) is 6.46. The summed E-state index contributed by atoms with van der Waals surface area (Å²) in [6.07, 6.45) is 3.25. The van der Waals surface area contributed by atoms with E-state index in [1.165, 1.54) is 18.2 Å². The molecule has 1 atom stereocenters. The molecule has 0 aromatic heterocycles. The third kappa shape index (κ3) is 3.75. The maximum absolute atomic E-state index is 13.0. The fraction of sp³-hybridized carbons (Fsp3) is 0.0870. The molecule has 1 heterocycles. The van der Waals surface area contributed by atoms with Crippen molar-refractivity contribution < 1.29 is 9.18 Å². The van der Waals surface area contributed by atoms with E-state index >= 15 is 0 Å². The summed E-state index contributed by atoms with van der Waals surface area (Å²) in [7, 11) is 0. The van der Waals surface area contributed by atoms with Gasteiger partial charge in [-0.25, -0.2) is 4.39 Å². The van der Waals surface area contributed by atoms with Gasteiger partial charge < -0.3 is 10.2 Å². The Morgan fingerprint density at radius 2 is 1.67 bits per heavy atom. The third-order valence-corrected chi connectivity index (χ3v) is 4.65. The predicted octanol–water partition coefficient (Wildman–Crippen LogP) is 5.04. The summed E-state index contributed by atoms with van der Waals surface area (Å²) >= 11 is 0. The maximum atomic E-state index is 13.0. The molecular formula is C23H19FN2O. The molecule has 3 nitrogen and oxygen atoms in total. The Morgan fingerprint density at radius 3 is 2.44 bits per heavy atom. The zero-order chi connectivity index (χ0) is 18.6. The van der Waals surface area contributed by atoms with Gasteiger partial charge in [0, 0.05) is 6.08 Å². The summed E-state index contributed by atoms with van der Waals surface area (Å²) in [5.74, 6) is -0.394. The van der Waals surface area contributed by atoms with Crippen molar-refractivity contribution in [2.24, 2.45) is 0 Å². The van der Waals surface area contributed by atoms with Crippen LogP contribution in [0.5, 0.6) is 0 Å². The average Bonchev–Trinajstić information content (AvgIpc) is 2.73. The molecule has 0 fully saturated rings. The van der Waals surface area contributed by atoms with Crippen LogP contribution in [0, 0.1) is 5.82 Å². The molecule has 4 heteroatoms. The first-order valence-electron chi connectivity index (χ1n) is 8.86. The number of halogens is 1. The lowest BCUT2D eigenvalue weighted by molar-refractivity contribution is -0.114. The van der Waals surface area contributed by atoms with Gasteiger partial charge in [0.2, 0.25) is 0 Å². The van der Waals surface area contributed by atoms with Gasteiger partial charge in [0.25, 0.3) is 5.91 Å². The number of amides is 1. The van der Waals surface area contributed by atoms with Crippen LogP contribution in [-0.4, -0.2) is 12.5 Å². The molecule has 4 rings (SSSR count). The summed E-state index contributed by atoms with van der Waals surface area (Å²) in [5.41, 5.74) is 3.71. The van der Waals surface area contributed by atoms with E-state index in [0.29, 0.717) is 6.54 Å². The first-order chi connectivity index (χ1) is 13.2. The number of nitrogens with zero attached hydrogens (tertiary/aromatic N) is 1. The number of rotatable bonds is 3. The highest BCUT2D eigenvalue weighted by Gasteiger charge is 2.27. The van der Waals surface area contributed by atoms with Gasteiger partial charge in [0.1, 0.15) is 5.82 Å². The zero-order valence-corrected chi connectivity index (χ0v) is 14.7. The summed E-state index contributed by atoms with van der Waals surface area (Å²) in [6, 6.07) is 24.0. The van der Waals surface area contributed by atoms with E-state index in [0.717, 1.165) is 22.5 Å². The highest BCUT2D eigenvalue weighted by atomic mass is 19.1. The summed E-state index contributed by atoms with van der Waals surface area (Å²) in [6.45, 7) is 0.535. The highest BCUT2D eigenvalue weighted by Crippen LogP contribution is 2.35. The Morgan fingerprint density at radius 1 is 0.963 bits per heavy atom. The quantitative estimate of drug-likeness (QED) is 0.665. The van der Waals surface area contributed by atoms with Gasteiger partial charge in [-0.2, -0.15) is 0 Å². The van der Waals surface area contributed by atoms with Crippen LogP contribution in [-0.2, 0) is 4.79 Å². The van der Waals surface area contributed by atoms with Crippen molar-refractivity contribution in [3.8, 4) is 0 Å². The van der Waals surface area contributed by atoms with Crippen LogP contribution in [0.2, 0.25) is 0 Å². The fourth-order valence-corrected chi connectivity index (χ4v) is 3.26. The smallest absolute Gasteiger partial charge is 0.251 e. The molecule has 0 spiro atoms. The minimum Gasteiger partial charge on any atom is -0.375 e. The van der Waals surface area contributed by atoms with Gasteiger partial charge in [0.05, 0.1) is 24.0 Å². The molecule has 1 N–H and O–H groups in total. The number of para-hydroxylation sites is 2. The number of fused-ring (bicyclic) bond motifs is 1. The number of hydrogen-bond donors (Lipinski definition) is 1. The van der Waals surface area contributed by atoms with Crippen molar-refractivity contribution in [2.45, 2.75) is 6.04 Å². The van der Waals surface area contributed by atoms with Crippen LogP contribution in [0.15, 0.2) is 84.9 Å². The lowest BCUT2D eigenvalue weighted by Crippen LogP contribution is -2.39. The number of hydrogen-bond acceptors (Lipinski definition) is 2. The summed E-state index contributed by atoms with van der Waals surface area (Å²) < 4.78 is 13.0. The van der Waals surface area contributed by atoms with Crippen LogP contribution < -0.4 is 10.2 Å². The van der Waals surface area contributed by atoms with Gasteiger partial charge in [0.15, 0.2) is 0 Å². The van der Waals surface area contributed by atoms with Crippen LogP contribution in [0.25, 0.3) is 6.08 Å². The fourth-order valence-electron chi connectivity index (χ4n) is 3.26. The van der Waals surface area contributed by atoms with Crippen molar-refractivity contribution in [3.63, 3.8) is 0 Å². The van der Waals surface area contributed by atoms with Crippen LogP contribution in [0.1, 0.15) is 17.2 Å². The molecule has 27 heavy (non-hydrogen) atoms. The topological polar surface area (TPSA) is 32.3 Å². The van der Waals surface area contributed by atoms with Crippen molar-refractivity contribution in [3.05, 3.63) is 102 Å². The molecule has 134 valence electrons. The van der Waals surface area contributed by atoms with Gasteiger partial charge in [-0.05, 0) is 41.5 Å². The molecule has 0 bridgehead atoms. The van der Waals surface area contributed by atoms with Crippen molar-refractivity contribution in [1.82, 2.24) is 0 Å². The Labute approximate surface area is 157 Å². The minimum atomic E-state index is -0.291. The van der Waals surface area contributed by atoms with Crippen molar-refractivity contribution >= 4 is 23.4 Å². The molecule has 0 saturated heterocycles. The standard InChI is InChI=1S/C23H19FN2O/c24-19-13-10-17(11-14-19)12-15-23(27)26-16-21(18-6-2-1-3-7-18)25-20-8-4-5-9-22(20)26/h1-15,21,25H,16H2/b15-12+. The number of anilines is 2. The minimum absolute atomic E-state index is 0.0178. The predicted molar refractivity (Wildman–Crippen MR) is 107 cm³/mol. The molecule has 1 aliphatic heterocycles. The number of carbonyl (C=O) groups is 1. The molecule has 3 aromatic carbocycles. The van der Waals surface area contributed by atoms with Crippen LogP contribution in [0.3, 0.4) is 0 Å². The van der Waals surface area contributed by atoms with Crippen molar-refractivity contribution in [1.29, 1.82) is 0 Å².